The molecule has 0 saturated carbocycles. The Kier molecular flexibility index (Phi) is 5.14. The van der Waals surface area contributed by atoms with Crippen LogP contribution < -0.4 is 0 Å². The third-order valence-corrected chi connectivity index (χ3v) is 8.25. The Morgan fingerprint density at radius 2 is 0.800 bits per heavy atom. The Bertz CT molecular complexity index is 2000. The zero-order valence-electron chi connectivity index (χ0n) is 22.1. The van der Waals surface area contributed by atoms with Crippen LogP contribution in [0.1, 0.15) is 24.0 Å². The van der Waals surface area contributed by atoms with Crippen LogP contribution >= 0.6 is 0 Å². The lowest BCUT2D eigenvalue weighted by Crippen LogP contribution is -1.96. The molecule has 0 aliphatic heterocycles. The van der Waals surface area contributed by atoms with Gasteiger partial charge < -0.3 is 8.83 Å². The number of furan rings is 2. The number of para-hydroxylation sites is 4. The minimum absolute atomic E-state index is 0.270. The van der Waals surface area contributed by atoms with Gasteiger partial charge in [0.15, 0.2) is 0 Å². The molecule has 0 spiro atoms. The molecular weight excluding hydrogens is 488 g/mol. The zero-order valence-corrected chi connectivity index (χ0v) is 22.1. The van der Waals surface area contributed by atoms with Gasteiger partial charge in [0.05, 0.1) is 0 Å². The van der Waals surface area contributed by atoms with Gasteiger partial charge in [0.25, 0.3) is 0 Å². The number of benzene rings is 6. The summed E-state index contributed by atoms with van der Waals surface area (Å²) >= 11 is 0. The van der Waals surface area contributed by atoms with Crippen LogP contribution in [0.2, 0.25) is 0 Å². The summed E-state index contributed by atoms with van der Waals surface area (Å²) in [6.07, 6.45) is 0. The molecule has 0 aliphatic carbocycles. The van der Waals surface area contributed by atoms with Crippen LogP contribution in [-0.4, -0.2) is 0 Å². The van der Waals surface area contributed by atoms with Gasteiger partial charge in [-0.1, -0.05) is 128 Å². The third-order valence-electron chi connectivity index (χ3n) is 8.25. The Labute approximate surface area is 232 Å². The van der Waals surface area contributed by atoms with Gasteiger partial charge in [0, 0.05) is 38.6 Å². The molecular formula is C38H26O2. The van der Waals surface area contributed by atoms with Crippen molar-refractivity contribution in [1.29, 1.82) is 0 Å². The molecule has 8 rings (SSSR count). The van der Waals surface area contributed by atoms with E-state index in [-0.39, 0.29) is 5.92 Å². The van der Waals surface area contributed by atoms with E-state index >= 15 is 0 Å². The second-order valence-electron chi connectivity index (χ2n) is 10.5. The van der Waals surface area contributed by atoms with Crippen molar-refractivity contribution in [3.63, 3.8) is 0 Å². The molecule has 0 atom stereocenters. The van der Waals surface area contributed by atoms with Crippen molar-refractivity contribution >= 4 is 43.9 Å². The average Bonchev–Trinajstić information content (AvgIpc) is 3.59. The number of hydrogen-bond donors (Lipinski definition) is 0. The van der Waals surface area contributed by atoms with Crippen molar-refractivity contribution in [2.24, 2.45) is 0 Å². The molecule has 2 aromatic heterocycles. The molecule has 0 unspecified atom stereocenters. The van der Waals surface area contributed by atoms with Gasteiger partial charge in [-0.3, -0.25) is 0 Å². The lowest BCUT2D eigenvalue weighted by atomic mass is 9.90. The summed E-state index contributed by atoms with van der Waals surface area (Å²) in [7, 11) is 0. The van der Waals surface area contributed by atoms with Crippen LogP contribution in [0.3, 0.4) is 0 Å². The quantitative estimate of drug-likeness (QED) is 0.233. The van der Waals surface area contributed by atoms with Crippen molar-refractivity contribution in [3.05, 3.63) is 145 Å². The second-order valence-corrected chi connectivity index (χ2v) is 10.5. The molecule has 0 saturated heterocycles. The zero-order chi connectivity index (χ0) is 26.6. The summed E-state index contributed by atoms with van der Waals surface area (Å²) in [5, 5.41) is 4.63. The predicted octanol–water partition coefficient (Wildman–Crippen LogP) is 11.0. The maximum atomic E-state index is 6.27. The molecule has 2 heteroatoms. The highest BCUT2D eigenvalue weighted by molar-refractivity contribution is 6.10. The first kappa shape index (κ1) is 22.9. The van der Waals surface area contributed by atoms with E-state index in [1.807, 2.05) is 24.3 Å². The summed E-state index contributed by atoms with van der Waals surface area (Å²) in [4.78, 5) is 0. The molecule has 0 N–H and O–H groups in total. The molecule has 0 bridgehead atoms. The van der Waals surface area contributed by atoms with Gasteiger partial charge >= 0.3 is 0 Å². The SMILES string of the molecule is CC(c1ccc(-c2cccc3c2oc2ccccc23)cc1)c1ccc(-c2cccc3c2oc2ccccc23)cc1. The van der Waals surface area contributed by atoms with Crippen LogP contribution in [0, 0.1) is 0 Å². The van der Waals surface area contributed by atoms with Gasteiger partial charge in [0.1, 0.15) is 22.3 Å². The fraction of sp³-hybridized carbons (Fsp3) is 0.0526. The van der Waals surface area contributed by atoms with Crippen LogP contribution in [-0.2, 0) is 0 Å². The highest BCUT2D eigenvalue weighted by Gasteiger charge is 2.15. The highest BCUT2D eigenvalue weighted by Crippen LogP contribution is 2.38. The van der Waals surface area contributed by atoms with E-state index in [0.29, 0.717) is 0 Å². The molecule has 2 heterocycles. The summed E-state index contributed by atoms with van der Waals surface area (Å²) in [6.45, 7) is 2.27. The average molecular weight is 515 g/mol. The largest absolute Gasteiger partial charge is 0.455 e. The van der Waals surface area contributed by atoms with E-state index in [9.17, 15) is 0 Å². The molecule has 0 amide bonds. The minimum Gasteiger partial charge on any atom is -0.455 e. The van der Waals surface area contributed by atoms with Crippen molar-refractivity contribution < 1.29 is 8.83 Å². The molecule has 0 aliphatic rings. The fourth-order valence-corrected chi connectivity index (χ4v) is 6.04. The van der Waals surface area contributed by atoms with Crippen molar-refractivity contribution in [2.45, 2.75) is 12.8 Å². The van der Waals surface area contributed by atoms with Gasteiger partial charge in [-0.2, -0.15) is 0 Å². The first-order valence-corrected chi connectivity index (χ1v) is 13.8. The van der Waals surface area contributed by atoms with Gasteiger partial charge in [-0.05, 0) is 34.4 Å². The lowest BCUT2D eigenvalue weighted by Gasteiger charge is -2.14. The summed E-state index contributed by atoms with van der Waals surface area (Å²) in [5.74, 6) is 0.270. The Hall–Kier alpha value is -5.08. The molecule has 0 radical (unpaired) electrons. The molecule has 190 valence electrons. The van der Waals surface area contributed by atoms with E-state index in [4.69, 9.17) is 8.83 Å². The van der Waals surface area contributed by atoms with Gasteiger partial charge in [-0.15, -0.1) is 0 Å². The number of fused-ring (bicyclic) bond motifs is 6. The fourth-order valence-electron chi connectivity index (χ4n) is 6.04. The van der Waals surface area contributed by atoms with Crippen LogP contribution in [0.4, 0.5) is 0 Å². The normalized spacial score (nSPS) is 11.8. The highest BCUT2D eigenvalue weighted by atomic mass is 16.3. The van der Waals surface area contributed by atoms with Crippen LogP contribution in [0.25, 0.3) is 66.1 Å². The van der Waals surface area contributed by atoms with Gasteiger partial charge in [-0.25, -0.2) is 0 Å². The van der Waals surface area contributed by atoms with Gasteiger partial charge in [0.2, 0.25) is 0 Å². The van der Waals surface area contributed by atoms with Crippen molar-refractivity contribution in [2.75, 3.05) is 0 Å². The summed E-state index contributed by atoms with van der Waals surface area (Å²) in [6, 6.07) is 47.1. The summed E-state index contributed by atoms with van der Waals surface area (Å²) < 4.78 is 12.5. The smallest absolute Gasteiger partial charge is 0.143 e. The van der Waals surface area contributed by atoms with Crippen molar-refractivity contribution in [1.82, 2.24) is 0 Å². The molecule has 40 heavy (non-hydrogen) atoms. The maximum Gasteiger partial charge on any atom is 0.143 e. The third kappa shape index (κ3) is 3.57. The number of hydrogen-bond acceptors (Lipinski definition) is 2. The van der Waals surface area contributed by atoms with Crippen LogP contribution in [0.15, 0.2) is 142 Å². The lowest BCUT2D eigenvalue weighted by molar-refractivity contribution is 0.669. The number of rotatable bonds is 4. The Morgan fingerprint density at radius 3 is 1.25 bits per heavy atom. The second kappa shape index (κ2) is 9.00. The Morgan fingerprint density at radius 1 is 0.400 bits per heavy atom. The summed E-state index contributed by atoms with van der Waals surface area (Å²) in [5.41, 5.74) is 10.9. The van der Waals surface area contributed by atoms with E-state index in [1.54, 1.807) is 0 Å². The first-order chi connectivity index (χ1) is 19.7. The predicted molar refractivity (Wildman–Crippen MR) is 166 cm³/mol. The topological polar surface area (TPSA) is 26.3 Å². The monoisotopic (exact) mass is 514 g/mol. The van der Waals surface area contributed by atoms with E-state index in [1.165, 1.54) is 11.1 Å². The maximum absolute atomic E-state index is 6.27. The van der Waals surface area contributed by atoms with E-state index < -0.39 is 0 Å². The Balaban J connectivity index is 1.10. The minimum atomic E-state index is 0.270. The molecule has 6 aromatic carbocycles. The molecule has 0 fully saturated rings. The van der Waals surface area contributed by atoms with E-state index in [0.717, 1.165) is 66.1 Å². The first-order valence-electron chi connectivity index (χ1n) is 13.8. The van der Waals surface area contributed by atoms with Crippen molar-refractivity contribution in [3.8, 4) is 22.3 Å². The standard InChI is InChI=1S/C38H26O2/c1-24(25-16-20-27(21-17-25)29-10-6-12-33-31-8-2-4-14-35(31)39-37(29)33)26-18-22-28(23-19-26)30-11-7-13-34-32-9-3-5-15-36(32)40-38(30)34/h2-24H,1H3. The van der Waals surface area contributed by atoms with E-state index in [2.05, 4.69) is 116 Å². The molecule has 2 nitrogen and oxygen atoms in total. The molecule has 8 aromatic rings. The van der Waals surface area contributed by atoms with Crippen LogP contribution in [0.5, 0.6) is 0 Å².